The fourth-order valence-corrected chi connectivity index (χ4v) is 3.10. The van der Waals surface area contributed by atoms with Crippen LogP contribution < -0.4 is 35.3 Å². The Morgan fingerprint density at radius 2 is 2.00 bits per heavy atom. The summed E-state index contributed by atoms with van der Waals surface area (Å²) >= 11 is 0. The van der Waals surface area contributed by atoms with Crippen LogP contribution in [-0.2, 0) is 14.6 Å². The number of fused-ring (bicyclic) bond motifs is 1. The number of nitrogens with two attached hydrogens (primary N) is 1. The van der Waals surface area contributed by atoms with Gasteiger partial charge in [0.05, 0.1) is 12.4 Å². The van der Waals surface area contributed by atoms with Crippen molar-refractivity contribution in [1.82, 2.24) is 19.5 Å². The number of rotatable bonds is 3. The number of anilines is 1. The van der Waals surface area contributed by atoms with Gasteiger partial charge in [0.1, 0.15) is 30.2 Å². The summed E-state index contributed by atoms with van der Waals surface area (Å²) < 4.78 is 37.7. The Morgan fingerprint density at radius 1 is 1.30 bits per heavy atom. The van der Waals surface area contributed by atoms with Crippen LogP contribution >= 0.6 is 0 Å². The van der Waals surface area contributed by atoms with Crippen LogP contribution in [0.3, 0.4) is 0 Å². The largest absolute Gasteiger partial charge is 1.00 e. The van der Waals surface area contributed by atoms with Crippen LogP contribution in [0.4, 0.5) is 5.82 Å². The third kappa shape index (κ3) is 3.49. The molecular formula is C10H12N5NaO6S. The Bertz CT molecular complexity index is 813. The van der Waals surface area contributed by atoms with Gasteiger partial charge in [-0.3, -0.25) is 4.18 Å². The van der Waals surface area contributed by atoms with E-state index in [9.17, 15) is 23.2 Å². The SMILES string of the molecule is Nc1ncnc2c1ncn2[C@@H]1C[C@H](OS(=O)(=O)[O-])[C@@H](O)[C@H]1O.[Na+]. The summed E-state index contributed by atoms with van der Waals surface area (Å²) in [5.41, 5.74) is 6.28. The summed E-state index contributed by atoms with van der Waals surface area (Å²) in [6, 6.07) is -0.777. The minimum Gasteiger partial charge on any atom is -0.726 e. The first kappa shape index (κ1) is 18.5. The van der Waals surface area contributed by atoms with E-state index < -0.39 is 34.8 Å². The number of aromatic nitrogens is 4. The van der Waals surface area contributed by atoms with Crippen LogP contribution in [-0.4, -0.2) is 61.0 Å². The van der Waals surface area contributed by atoms with Gasteiger partial charge < -0.3 is 25.1 Å². The van der Waals surface area contributed by atoms with Crippen LogP contribution in [0.25, 0.3) is 11.2 Å². The van der Waals surface area contributed by atoms with Gasteiger partial charge in [-0.15, -0.1) is 0 Å². The zero-order valence-corrected chi connectivity index (χ0v) is 14.8. The van der Waals surface area contributed by atoms with Gasteiger partial charge in [0.2, 0.25) is 10.4 Å². The fraction of sp³-hybridized carbons (Fsp3) is 0.500. The molecule has 120 valence electrons. The molecule has 4 N–H and O–H groups in total. The Morgan fingerprint density at radius 3 is 2.65 bits per heavy atom. The number of nitrogens with zero attached hydrogens (tertiary/aromatic N) is 4. The molecule has 0 spiro atoms. The molecule has 0 bridgehead atoms. The molecule has 13 heteroatoms. The first-order valence-corrected chi connectivity index (χ1v) is 7.54. The average molecular weight is 353 g/mol. The predicted molar refractivity (Wildman–Crippen MR) is 70.0 cm³/mol. The van der Waals surface area contributed by atoms with Gasteiger partial charge in [-0.1, -0.05) is 0 Å². The number of hydrogen-bond donors (Lipinski definition) is 3. The molecule has 0 aliphatic heterocycles. The molecule has 23 heavy (non-hydrogen) atoms. The molecule has 2 aromatic heterocycles. The van der Waals surface area contributed by atoms with Crippen LogP contribution in [0.1, 0.15) is 12.5 Å². The molecule has 0 aromatic carbocycles. The van der Waals surface area contributed by atoms with E-state index in [0.29, 0.717) is 11.2 Å². The maximum absolute atomic E-state index is 10.7. The maximum Gasteiger partial charge on any atom is 1.00 e. The van der Waals surface area contributed by atoms with Crippen molar-refractivity contribution in [3.8, 4) is 0 Å². The Balaban J connectivity index is 0.00000192. The smallest absolute Gasteiger partial charge is 0.726 e. The standard InChI is InChI=1S/C10H13N5O6S.Na/c11-9-6-10(13-2-12-9)15(3-14-6)4-1-5(8(17)7(4)16)21-22(18,19)20;/h2-5,7-8,16-17H,1H2,(H2,11,12,13)(H,18,19,20);/q;+1/p-1/t4-,5+,7+,8-;/m1./s1. The van der Waals surface area contributed by atoms with Gasteiger partial charge >= 0.3 is 29.6 Å². The molecule has 1 aliphatic carbocycles. The van der Waals surface area contributed by atoms with Crippen molar-refractivity contribution >= 4 is 27.4 Å². The Labute approximate surface area is 152 Å². The first-order valence-electron chi connectivity index (χ1n) is 6.21. The van der Waals surface area contributed by atoms with Gasteiger partial charge in [-0.05, 0) is 0 Å². The van der Waals surface area contributed by atoms with E-state index >= 15 is 0 Å². The van der Waals surface area contributed by atoms with Crippen molar-refractivity contribution in [3.63, 3.8) is 0 Å². The Kier molecular flexibility index (Phi) is 5.27. The fourth-order valence-electron chi connectivity index (χ4n) is 2.60. The molecule has 1 saturated carbocycles. The molecule has 2 heterocycles. The van der Waals surface area contributed by atoms with E-state index in [1.165, 1.54) is 17.2 Å². The molecule has 3 rings (SSSR count). The van der Waals surface area contributed by atoms with Crippen LogP contribution in [0.5, 0.6) is 0 Å². The third-order valence-corrected chi connectivity index (χ3v) is 4.07. The van der Waals surface area contributed by atoms with Crippen molar-refractivity contribution in [1.29, 1.82) is 0 Å². The summed E-state index contributed by atoms with van der Waals surface area (Å²) in [5.74, 6) is 0.145. The van der Waals surface area contributed by atoms with E-state index in [1.807, 2.05) is 0 Å². The number of nitrogen functional groups attached to an aromatic ring is 1. The van der Waals surface area contributed by atoms with E-state index in [1.54, 1.807) is 0 Å². The zero-order chi connectivity index (χ0) is 16.1. The summed E-state index contributed by atoms with van der Waals surface area (Å²) in [6.45, 7) is 0. The van der Waals surface area contributed by atoms with Gasteiger partial charge in [0.15, 0.2) is 11.5 Å². The topological polar surface area (TPSA) is 177 Å². The second-order valence-electron chi connectivity index (χ2n) is 4.91. The van der Waals surface area contributed by atoms with E-state index in [2.05, 4.69) is 19.1 Å². The summed E-state index contributed by atoms with van der Waals surface area (Å²) in [4.78, 5) is 11.8. The first-order chi connectivity index (χ1) is 10.3. The molecule has 11 nitrogen and oxygen atoms in total. The molecule has 2 aromatic rings. The molecule has 0 unspecified atom stereocenters. The van der Waals surface area contributed by atoms with E-state index in [-0.39, 0.29) is 41.8 Å². The van der Waals surface area contributed by atoms with Gasteiger partial charge in [-0.2, -0.15) is 0 Å². The van der Waals surface area contributed by atoms with E-state index in [4.69, 9.17) is 5.73 Å². The molecule has 0 amide bonds. The maximum atomic E-state index is 10.7. The molecule has 0 saturated heterocycles. The number of aliphatic hydroxyl groups is 2. The molecule has 0 radical (unpaired) electrons. The number of aliphatic hydroxyl groups excluding tert-OH is 2. The number of imidazole rings is 1. The summed E-state index contributed by atoms with van der Waals surface area (Å²) in [6.07, 6.45) is -1.81. The predicted octanol–water partition coefficient (Wildman–Crippen LogP) is -5.08. The summed E-state index contributed by atoms with van der Waals surface area (Å²) in [7, 11) is -5.00. The molecule has 4 atom stereocenters. The minimum atomic E-state index is -5.00. The average Bonchev–Trinajstić information content (AvgIpc) is 2.95. The van der Waals surface area contributed by atoms with Crippen molar-refractivity contribution < 1.29 is 56.9 Å². The van der Waals surface area contributed by atoms with Crippen molar-refractivity contribution in [2.24, 2.45) is 0 Å². The minimum absolute atomic E-state index is 0. The quantitative estimate of drug-likeness (QED) is 0.275. The zero-order valence-electron chi connectivity index (χ0n) is 12.0. The summed E-state index contributed by atoms with van der Waals surface area (Å²) in [5, 5.41) is 19.9. The second-order valence-corrected chi connectivity index (χ2v) is 5.92. The van der Waals surface area contributed by atoms with Crippen molar-refractivity contribution in [2.45, 2.75) is 30.8 Å². The normalized spacial score (nSPS) is 28.0. The van der Waals surface area contributed by atoms with Crippen molar-refractivity contribution in [3.05, 3.63) is 12.7 Å². The molecule has 1 fully saturated rings. The van der Waals surface area contributed by atoms with E-state index in [0.717, 1.165) is 0 Å². The van der Waals surface area contributed by atoms with Gasteiger partial charge in [-0.25, -0.2) is 23.4 Å². The molecule has 1 aliphatic rings. The number of hydrogen-bond acceptors (Lipinski definition) is 10. The third-order valence-electron chi connectivity index (χ3n) is 3.58. The van der Waals surface area contributed by atoms with Gasteiger partial charge in [0.25, 0.3) is 0 Å². The van der Waals surface area contributed by atoms with Crippen LogP contribution in [0, 0.1) is 0 Å². The van der Waals surface area contributed by atoms with Crippen LogP contribution in [0.2, 0.25) is 0 Å². The second kappa shape index (κ2) is 6.57. The van der Waals surface area contributed by atoms with Gasteiger partial charge in [0, 0.05) is 6.42 Å². The Hall–Kier alpha value is -0.860. The van der Waals surface area contributed by atoms with Crippen molar-refractivity contribution in [2.75, 3.05) is 5.73 Å². The monoisotopic (exact) mass is 353 g/mol. The molecular weight excluding hydrogens is 341 g/mol. The van der Waals surface area contributed by atoms with Crippen LogP contribution in [0.15, 0.2) is 12.7 Å².